The lowest BCUT2D eigenvalue weighted by atomic mass is 10.2. The molecule has 0 spiro atoms. The summed E-state index contributed by atoms with van der Waals surface area (Å²) in [6.07, 6.45) is 3.06. The van der Waals surface area contributed by atoms with Gasteiger partial charge in [-0.05, 0) is 19.1 Å². The molecule has 0 radical (unpaired) electrons. The molecule has 0 saturated carbocycles. The number of hydrogen-bond acceptors (Lipinski definition) is 4. The van der Waals surface area contributed by atoms with Crippen molar-refractivity contribution < 1.29 is 4.79 Å². The molecule has 1 amide bonds. The molecule has 0 aliphatic heterocycles. The van der Waals surface area contributed by atoms with Crippen LogP contribution in [0.5, 0.6) is 0 Å². The summed E-state index contributed by atoms with van der Waals surface area (Å²) in [5.41, 5.74) is 0.460. The zero-order chi connectivity index (χ0) is 15.0. The molecule has 1 aromatic carbocycles. The van der Waals surface area contributed by atoms with Crippen LogP contribution in [0.3, 0.4) is 0 Å². The van der Waals surface area contributed by atoms with E-state index in [1.165, 1.54) is 26.8 Å². The highest BCUT2D eigenvalue weighted by atomic mass is 32.1. The molecule has 0 bridgehead atoms. The summed E-state index contributed by atoms with van der Waals surface area (Å²) < 4.78 is 1.42. The first-order valence-electron chi connectivity index (χ1n) is 6.39. The minimum absolute atomic E-state index is 0.0663. The first-order chi connectivity index (χ1) is 10.1. The van der Waals surface area contributed by atoms with Crippen molar-refractivity contribution in [2.45, 2.75) is 6.92 Å². The van der Waals surface area contributed by atoms with Gasteiger partial charge in [-0.25, -0.2) is 4.98 Å². The second kappa shape index (κ2) is 5.14. The summed E-state index contributed by atoms with van der Waals surface area (Å²) in [6, 6.07) is 9.19. The average Bonchev–Trinajstić information content (AvgIpc) is 2.89. The van der Waals surface area contributed by atoms with Crippen molar-refractivity contribution in [2.24, 2.45) is 0 Å². The van der Waals surface area contributed by atoms with Crippen molar-refractivity contribution in [3.63, 3.8) is 0 Å². The number of carbonyl (C=O) groups excluding carboxylic acids is 1. The fourth-order valence-electron chi connectivity index (χ4n) is 2.09. The molecule has 2 aromatic heterocycles. The summed E-state index contributed by atoms with van der Waals surface area (Å²) >= 11 is 1.42. The SMILES string of the molecule is Cc1cn2c(=O)c(C(=O)N(C)c3ccccc3)cnc2s1. The Morgan fingerprint density at radius 3 is 2.71 bits per heavy atom. The Hall–Kier alpha value is -2.47. The van der Waals surface area contributed by atoms with E-state index in [1.807, 2.05) is 37.3 Å². The fraction of sp³-hybridized carbons (Fsp3) is 0.133. The van der Waals surface area contributed by atoms with Crippen LogP contribution >= 0.6 is 11.3 Å². The topological polar surface area (TPSA) is 54.7 Å². The Balaban J connectivity index is 2.06. The van der Waals surface area contributed by atoms with Crippen molar-refractivity contribution in [3.05, 3.63) is 63.5 Å². The maximum Gasteiger partial charge on any atom is 0.271 e. The third-order valence-corrected chi connectivity index (χ3v) is 4.11. The minimum atomic E-state index is -0.364. The van der Waals surface area contributed by atoms with Crippen LogP contribution in [0.2, 0.25) is 0 Å². The van der Waals surface area contributed by atoms with E-state index in [0.717, 1.165) is 10.6 Å². The van der Waals surface area contributed by atoms with Gasteiger partial charge in [-0.3, -0.25) is 14.0 Å². The molecule has 3 rings (SSSR count). The van der Waals surface area contributed by atoms with Gasteiger partial charge < -0.3 is 4.90 Å². The predicted molar refractivity (Wildman–Crippen MR) is 83.3 cm³/mol. The molecular formula is C15H13N3O2S. The normalized spacial score (nSPS) is 10.8. The van der Waals surface area contributed by atoms with Gasteiger partial charge in [0.15, 0.2) is 4.96 Å². The Morgan fingerprint density at radius 2 is 2.00 bits per heavy atom. The molecule has 3 aromatic rings. The van der Waals surface area contributed by atoms with E-state index in [1.54, 1.807) is 13.2 Å². The lowest BCUT2D eigenvalue weighted by Crippen LogP contribution is -2.32. The van der Waals surface area contributed by atoms with Crippen molar-refractivity contribution in [2.75, 3.05) is 11.9 Å². The van der Waals surface area contributed by atoms with Crippen molar-refractivity contribution in [1.29, 1.82) is 0 Å². The maximum atomic E-state index is 12.5. The van der Waals surface area contributed by atoms with Gasteiger partial charge in [-0.1, -0.05) is 18.2 Å². The summed E-state index contributed by atoms with van der Waals surface area (Å²) in [4.78, 5) is 32.1. The zero-order valence-electron chi connectivity index (χ0n) is 11.6. The van der Waals surface area contributed by atoms with Gasteiger partial charge in [0.05, 0.1) is 0 Å². The van der Waals surface area contributed by atoms with Crippen LogP contribution in [-0.4, -0.2) is 22.3 Å². The highest BCUT2D eigenvalue weighted by Crippen LogP contribution is 2.15. The van der Waals surface area contributed by atoms with Crippen molar-refractivity contribution >= 4 is 27.9 Å². The van der Waals surface area contributed by atoms with Gasteiger partial charge in [-0.15, -0.1) is 11.3 Å². The van der Waals surface area contributed by atoms with Crippen LogP contribution < -0.4 is 10.5 Å². The largest absolute Gasteiger partial charge is 0.311 e. The zero-order valence-corrected chi connectivity index (χ0v) is 12.4. The molecule has 0 aliphatic carbocycles. The van der Waals surface area contributed by atoms with Gasteiger partial charge in [0.2, 0.25) is 0 Å². The van der Waals surface area contributed by atoms with E-state index in [-0.39, 0.29) is 17.0 Å². The van der Waals surface area contributed by atoms with E-state index in [4.69, 9.17) is 0 Å². The van der Waals surface area contributed by atoms with E-state index in [0.29, 0.717) is 4.96 Å². The molecule has 5 nitrogen and oxygen atoms in total. The molecule has 2 heterocycles. The van der Waals surface area contributed by atoms with Crippen LogP contribution in [0.1, 0.15) is 15.2 Å². The van der Waals surface area contributed by atoms with Gasteiger partial charge in [0, 0.05) is 30.0 Å². The van der Waals surface area contributed by atoms with Crippen LogP contribution in [0, 0.1) is 6.92 Å². The second-order valence-corrected chi connectivity index (χ2v) is 5.88. The Labute approximate surface area is 125 Å². The van der Waals surface area contributed by atoms with E-state index < -0.39 is 0 Å². The molecule has 0 fully saturated rings. The highest BCUT2D eigenvalue weighted by molar-refractivity contribution is 7.16. The number of hydrogen-bond donors (Lipinski definition) is 0. The summed E-state index contributed by atoms with van der Waals surface area (Å²) in [6.45, 7) is 1.90. The number of rotatable bonds is 2. The van der Waals surface area contributed by atoms with Crippen molar-refractivity contribution in [1.82, 2.24) is 9.38 Å². The number of thiazole rings is 1. The summed E-state index contributed by atoms with van der Waals surface area (Å²) in [5.74, 6) is -0.364. The number of anilines is 1. The van der Waals surface area contributed by atoms with Gasteiger partial charge in [0.25, 0.3) is 11.5 Å². The van der Waals surface area contributed by atoms with Crippen molar-refractivity contribution in [3.8, 4) is 0 Å². The number of carbonyl (C=O) groups is 1. The minimum Gasteiger partial charge on any atom is -0.311 e. The van der Waals surface area contributed by atoms with Crippen LogP contribution in [0.4, 0.5) is 5.69 Å². The standard InChI is InChI=1S/C15H13N3O2S/c1-10-9-18-14(20)12(8-16-15(18)21-10)13(19)17(2)11-6-4-3-5-7-11/h3-9H,1-2H3. The lowest BCUT2D eigenvalue weighted by Gasteiger charge is -2.16. The van der Waals surface area contributed by atoms with Crippen LogP contribution in [0.15, 0.2) is 47.5 Å². The quantitative estimate of drug-likeness (QED) is 0.730. The number of benzene rings is 1. The predicted octanol–water partition coefficient (Wildman–Crippen LogP) is 2.34. The number of aromatic nitrogens is 2. The smallest absolute Gasteiger partial charge is 0.271 e. The molecule has 106 valence electrons. The average molecular weight is 299 g/mol. The first-order valence-corrected chi connectivity index (χ1v) is 7.20. The van der Waals surface area contributed by atoms with Gasteiger partial charge in [0.1, 0.15) is 5.56 Å². The molecule has 0 N–H and O–H groups in total. The molecular weight excluding hydrogens is 286 g/mol. The highest BCUT2D eigenvalue weighted by Gasteiger charge is 2.19. The van der Waals surface area contributed by atoms with Crippen LogP contribution in [0.25, 0.3) is 4.96 Å². The number of para-hydroxylation sites is 1. The van der Waals surface area contributed by atoms with Gasteiger partial charge >= 0.3 is 0 Å². The molecule has 0 saturated heterocycles. The monoisotopic (exact) mass is 299 g/mol. The number of amides is 1. The fourth-order valence-corrected chi connectivity index (χ4v) is 2.88. The maximum absolute atomic E-state index is 12.5. The Bertz CT molecular complexity index is 868. The second-order valence-electron chi connectivity index (χ2n) is 4.67. The third-order valence-electron chi connectivity index (χ3n) is 3.20. The molecule has 0 atom stereocenters. The van der Waals surface area contributed by atoms with E-state index in [2.05, 4.69) is 4.98 Å². The first kappa shape index (κ1) is 13.5. The summed E-state index contributed by atoms with van der Waals surface area (Å²) in [5, 5.41) is 0. The van der Waals surface area contributed by atoms with Gasteiger partial charge in [-0.2, -0.15) is 0 Å². The number of fused-ring (bicyclic) bond motifs is 1. The third kappa shape index (κ3) is 2.34. The Morgan fingerprint density at radius 1 is 1.29 bits per heavy atom. The Kier molecular flexibility index (Phi) is 3.31. The van der Waals surface area contributed by atoms with Crippen LogP contribution in [-0.2, 0) is 0 Å². The molecule has 0 aliphatic rings. The molecule has 6 heteroatoms. The summed E-state index contributed by atoms with van der Waals surface area (Å²) in [7, 11) is 1.64. The number of nitrogens with zero attached hydrogens (tertiary/aromatic N) is 3. The van der Waals surface area contributed by atoms with E-state index >= 15 is 0 Å². The number of aryl methyl sites for hydroxylation is 1. The van der Waals surface area contributed by atoms with E-state index in [9.17, 15) is 9.59 Å². The molecule has 0 unspecified atom stereocenters. The molecule has 21 heavy (non-hydrogen) atoms. The lowest BCUT2D eigenvalue weighted by molar-refractivity contribution is 0.0991.